The van der Waals surface area contributed by atoms with Gasteiger partial charge in [0.05, 0.1) is 43.9 Å². The zero-order valence-electron chi connectivity index (χ0n) is 13.1. The van der Waals surface area contributed by atoms with E-state index in [1.165, 1.54) is 0 Å². The van der Waals surface area contributed by atoms with Crippen LogP contribution in [0.4, 0.5) is 10.5 Å². The average Bonchev–Trinajstić information content (AvgIpc) is 2.37. The van der Waals surface area contributed by atoms with Crippen LogP contribution in [0, 0.1) is 18.3 Å². The molecule has 0 bridgehead atoms. The van der Waals surface area contributed by atoms with E-state index < -0.39 is 13.6 Å². The van der Waals surface area contributed by atoms with Crippen LogP contribution in [0.5, 0.6) is 0 Å². The first kappa shape index (κ1) is 17.1. The van der Waals surface area contributed by atoms with Crippen molar-refractivity contribution in [2.45, 2.75) is 13.8 Å². The molecule has 0 radical (unpaired) electrons. The molecule has 1 rings (SSSR count). The summed E-state index contributed by atoms with van der Waals surface area (Å²) < 4.78 is 5.26. The van der Waals surface area contributed by atoms with Gasteiger partial charge in [0.1, 0.15) is 0 Å². The Morgan fingerprint density at radius 1 is 1.43 bits per heavy atom. The summed E-state index contributed by atoms with van der Waals surface area (Å²) in [6, 6.07) is 7.41. The third-order valence-electron chi connectivity index (χ3n) is 2.48. The van der Waals surface area contributed by atoms with Crippen molar-refractivity contribution in [1.82, 2.24) is 5.32 Å². The van der Waals surface area contributed by atoms with E-state index in [1.807, 2.05) is 33.8 Å². The van der Waals surface area contributed by atoms with Crippen LogP contribution in [0.1, 0.15) is 18.1 Å². The van der Waals surface area contributed by atoms with Crippen molar-refractivity contribution < 1.29 is 9.32 Å². The van der Waals surface area contributed by atoms with Gasteiger partial charge in [-0.25, -0.2) is 4.79 Å². The van der Waals surface area contributed by atoms with Gasteiger partial charge in [0.25, 0.3) is 0 Å². The number of benzene rings is 1. The minimum atomic E-state index is -1.60. The van der Waals surface area contributed by atoms with Crippen LogP contribution in [0.15, 0.2) is 23.2 Å². The summed E-state index contributed by atoms with van der Waals surface area (Å²) >= 11 is 0. The highest BCUT2D eigenvalue weighted by molar-refractivity contribution is 7.69. The lowest BCUT2D eigenvalue weighted by Crippen LogP contribution is -2.28. The Hall–Kier alpha value is -1.92. The number of aliphatic imine (C=N–C) groups is 1. The molecule has 0 aliphatic carbocycles. The first-order chi connectivity index (χ1) is 9.71. The van der Waals surface area contributed by atoms with Gasteiger partial charge in [0.15, 0.2) is 7.49 Å². The van der Waals surface area contributed by atoms with Crippen molar-refractivity contribution in [2.75, 3.05) is 26.5 Å². The summed E-state index contributed by atoms with van der Waals surface area (Å²) in [5, 5.41) is 11.5. The molecule has 0 fully saturated rings. The highest BCUT2D eigenvalue weighted by atomic mass is 31.2. The standard InChI is InChI=1S/C15H20N3O2P/c1-11-8-13(9-16)6-7-14(11)18-12(2)10-17-15(19)20-21(3,4)5/h6-8H,10H2,1-5H3/p+1. The molecule has 0 aromatic heterocycles. The van der Waals surface area contributed by atoms with Crippen LogP contribution in [-0.4, -0.2) is 38.3 Å². The van der Waals surface area contributed by atoms with Crippen molar-refractivity contribution in [2.24, 2.45) is 4.99 Å². The molecule has 1 aromatic carbocycles. The first-order valence-electron chi connectivity index (χ1n) is 6.55. The summed E-state index contributed by atoms with van der Waals surface area (Å²) in [7, 11) is -1.60. The summed E-state index contributed by atoms with van der Waals surface area (Å²) in [6.45, 7) is 9.84. The highest BCUT2D eigenvalue weighted by Crippen LogP contribution is 2.47. The number of nitrogens with one attached hydrogen (secondary N) is 1. The number of nitriles is 1. The fourth-order valence-corrected chi connectivity index (χ4v) is 2.14. The van der Waals surface area contributed by atoms with Crippen LogP contribution < -0.4 is 5.32 Å². The van der Waals surface area contributed by atoms with Crippen LogP contribution in [0.2, 0.25) is 0 Å². The number of aryl methyl sites for hydroxylation is 1. The molecule has 6 heteroatoms. The number of rotatable bonds is 4. The van der Waals surface area contributed by atoms with Crippen LogP contribution in [0.3, 0.4) is 0 Å². The summed E-state index contributed by atoms with van der Waals surface area (Å²) in [5.41, 5.74) is 3.11. The van der Waals surface area contributed by atoms with Gasteiger partial charge in [-0.1, -0.05) is 0 Å². The molecule has 0 heterocycles. The van der Waals surface area contributed by atoms with Gasteiger partial charge in [0, 0.05) is 5.71 Å². The Morgan fingerprint density at radius 3 is 2.62 bits per heavy atom. The number of carbonyl (C=O) groups excluding carboxylic acids is 1. The van der Waals surface area contributed by atoms with E-state index in [0.717, 1.165) is 17.0 Å². The second kappa shape index (κ2) is 7.19. The van der Waals surface area contributed by atoms with Crippen LogP contribution in [-0.2, 0) is 4.52 Å². The zero-order valence-corrected chi connectivity index (χ0v) is 14.0. The first-order valence-corrected chi connectivity index (χ1v) is 9.60. The van der Waals surface area contributed by atoms with E-state index in [4.69, 9.17) is 9.79 Å². The number of hydrogen-bond donors (Lipinski definition) is 1. The van der Waals surface area contributed by atoms with E-state index in [0.29, 0.717) is 12.1 Å². The van der Waals surface area contributed by atoms with Gasteiger partial charge >= 0.3 is 6.09 Å². The Kier molecular flexibility index (Phi) is 5.87. The Balaban J connectivity index is 2.66. The lowest BCUT2D eigenvalue weighted by Gasteiger charge is -2.11. The van der Waals surface area contributed by atoms with E-state index in [9.17, 15) is 4.79 Å². The van der Waals surface area contributed by atoms with Crippen LogP contribution >= 0.6 is 7.49 Å². The maximum atomic E-state index is 11.6. The van der Waals surface area contributed by atoms with E-state index in [2.05, 4.69) is 16.4 Å². The molecule has 0 saturated carbocycles. The van der Waals surface area contributed by atoms with Crippen LogP contribution in [0.25, 0.3) is 0 Å². The van der Waals surface area contributed by atoms with Crippen molar-refractivity contribution >= 4 is 25.0 Å². The number of carbonyl (C=O) groups is 1. The third kappa shape index (κ3) is 6.37. The normalized spacial score (nSPS) is 11.7. The molecule has 0 spiro atoms. The second-order valence-corrected chi connectivity index (χ2v) is 9.54. The molecule has 112 valence electrons. The second-order valence-electron chi connectivity index (χ2n) is 5.58. The lowest BCUT2D eigenvalue weighted by molar-refractivity contribution is 0.206. The Bertz CT molecular complexity index is 598. The van der Waals surface area contributed by atoms with Crippen molar-refractivity contribution in [3.63, 3.8) is 0 Å². The molecule has 21 heavy (non-hydrogen) atoms. The van der Waals surface area contributed by atoms with E-state index in [1.54, 1.807) is 18.2 Å². The maximum absolute atomic E-state index is 11.6. The molecule has 1 amide bonds. The largest absolute Gasteiger partial charge is 0.445 e. The topological polar surface area (TPSA) is 74.5 Å². The van der Waals surface area contributed by atoms with Gasteiger partial charge in [-0.3, -0.25) is 9.52 Å². The minimum Gasteiger partial charge on any atom is -0.313 e. The van der Waals surface area contributed by atoms with Gasteiger partial charge < -0.3 is 5.32 Å². The average molecular weight is 306 g/mol. The smallest absolute Gasteiger partial charge is 0.313 e. The van der Waals surface area contributed by atoms with E-state index in [-0.39, 0.29) is 0 Å². The Morgan fingerprint density at radius 2 is 2.10 bits per heavy atom. The van der Waals surface area contributed by atoms with Gasteiger partial charge in [-0.05, 0) is 37.6 Å². The van der Waals surface area contributed by atoms with Gasteiger partial charge in [-0.15, -0.1) is 0 Å². The highest BCUT2D eigenvalue weighted by Gasteiger charge is 2.23. The molecular formula is C15H21N3O2P+. The molecular weight excluding hydrogens is 285 g/mol. The molecule has 5 nitrogen and oxygen atoms in total. The fourth-order valence-electron chi connectivity index (χ4n) is 1.58. The SMILES string of the molecule is CC(CNC(=O)O[P+](C)(C)C)=Nc1ccc(C#N)cc1C. The van der Waals surface area contributed by atoms with Crippen molar-refractivity contribution in [3.05, 3.63) is 29.3 Å². The quantitative estimate of drug-likeness (QED) is 0.683. The van der Waals surface area contributed by atoms with Crippen molar-refractivity contribution in [1.29, 1.82) is 5.26 Å². The molecule has 0 unspecified atom stereocenters. The zero-order chi connectivity index (χ0) is 16.0. The van der Waals surface area contributed by atoms with Crippen molar-refractivity contribution in [3.8, 4) is 6.07 Å². The molecule has 0 aliphatic heterocycles. The lowest BCUT2D eigenvalue weighted by atomic mass is 10.1. The number of hydrogen-bond acceptors (Lipinski definition) is 4. The summed E-state index contributed by atoms with van der Waals surface area (Å²) in [4.78, 5) is 16.0. The number of nitrogens with zero attached hydrogens (tertiary/aromatic N) is 2. The minimum absolute atomic E-state index is 0.332. The molecule has 0 aliphatic rings. The molecule has 1 aromatic rings. The third-order valence-corrected chi connectivity index (χ3v) is 3.20. The molecule has 1 N–H and O–H groups in total. The monoisotopic (exact) mass is 306 g/mol. The predicted octanol–water partition coefficient (Wildman–Crippen LogP) is 3.51. The van der Waals surface area contributed by atoms with E-state index >= 15 is 0 Å². The maximum Gasteiger partial charge on any atom is 0.445 e. The van der Waals surface area contributed by atoms with Gasteiger partial charge in [-0.2, -0.15) is 5.26 Å². The fraction of sp³-hybridized carbons (Fsp3) is 0.400. The summed E-state index contributed by atoms with van der Waals surface area (Å²) in [6.07, 6.45) is -0.415. The predicted molar refractivity (Wildman–Crippen MR) is 87.8 cm³/mol. The molecule has 0 saturated heterocycles. The number of amides is 1. The molecule has 0 atom stereocenters. The Labute approximate surface area is 126 Å². The summed E-state index contributed by atoms with van der Waals surface area (Å²) in [5.74, 6) is 0. The van der Waals surface area contributed by atoms with Gasteiger partial charge in [0.2, 0.25) is 0 Å².